The van der Waals surface area contributed by atoms with E-state index in [2.05, 4.69) is 37.5 Å². The lowest BCUT2D eigenvalue weighted by molar-refractivity contribution is 0.0705. The lowest BCUT2D eigenvalue weighted by Crippen LogP contribution is -2.51. The van der Waals surface area contributed by atoms with Crippen molar-refractivity contribution >= 4 is 45.3 Å². The van der Waals surface area contributed by atoms with Gasteiger partial charge in [-0.1, -0.05) is 23.7 Å². The molecule has 5 rings (SSSR count). The summed E-state index contributed by atoms with van der Waals surface area (Å²) in [4.78, 5) is 35.9. The van der Waals surface area contributed by atoms with Crippen LogP contribution in [0.15, 0.2) is 36.9 Å². The van der Waals surface area contributed by atoms with Crippen LogP contribution in [-0.2, 0) is 0 Å². The number of aromatic amines is 1. The smallest absolute Gasteiger partial charge is 0.273 e. The molecule has 1 saturated heterocycles. The number of carbonyl (C=O) groups is 1. The van der Waals surface area contributed by atoms with E-state index in [0.717, 1.165) is 11.9 Å². The van der Waals surface area contributed by atoms with Crippen molar-refractivity contribution < 1.29 is 4.79 Å². The molecule has 9 nitrogen and oxygen atoms in total. The molecule has 164 valence electrons. The quantitative estimate of drug-likeness (QED) is 0.437. The van der Waals surface area contributed by atoms with E-state index in [-0.39, 0.29) is 18.0 Å². The van der Waals surface area contributed by atoms with Gasteiger partial charge < -0.3 is 20.5 Å². The second-order valence-corrected chi connectivity index (χ2v) is 8.44. The maximum Gasteiger partial charge on any atom is 0.273 e. The van der Waals surface area contributed by atoms with Gasteiger partial charge >= 0.3 is 0 Å². The fourth-order valence-corrected chi connectivity index (χ4v) is 4.35. The molecule has 1 fully saturated rings. The molecular weight excluding hydrogens is 428 g/mol. The van der Waals surface area contributed by atoms with Crippen LogP contribution in [0.5, 0.6) is 0 Å². The molecule has 2 atom stereocenters. The summed E-state index contributed by atoms with van der Waals surface area (Å²) < 4.78 is 0. The average molecular weight is 451 g/mol. The normalized spacial score (nSPS) is 17.6. The Morgan fingerprint density at radius 3 is 3.03 bits per heavy atom. The van der Waals surface area contributed by atoms with E-state index in [0.29, 0.717) is 51.9 Å². The topological polar surface area (TPSA) is 112 Å². The molecule has 1 amide bonds. The Hall–Kier alpha value is -3.30. The predicted octanol–water partition coefficient (Wildman–Crippen LogP) is 3.16. The van der Waals surface area contributed by atoms with Gasteiger partial charge in [0.15, 0.2) is 11.5 Å². The minimum Gasteiger partial charge on any atom is -0.360 e. The first-order chi connectivity index (χ1) is 15.5. The number of amides is 1. The summed E-state index contributed by atoms with van der Waals surface area (Å²) in [5, 5.41) is 8.79. The van der Waals surface area contributed by atoms with Gasteiger partial charge in [-0.25, -0.2) is 19.9 Å². The van der Waals surface area contributed by atoms with Crippen LogP contribution in [0, 0.1) is 0 Å². The Balaban J connectivity index is 1.55. The Labute approximate surface area is 189 Å². The van der Waals surface area contributed by atoms with E-state index < -0.39 is 0 Å². The van der Waals surface area contributed by atoms with Gasteiger partial charge in [0.1, 0.15) is 17.5 Å². The SMILES string of the molecule is C[C@H](Nc1ncnc2[nH]cnc12)c1cc2cccc(Cl)c2c(C(=O)N2CCN[C@@H](C)C2)n1. The average Bonchev–Trinajstić information content (AvgIpc) is 3.28. The molecule has 0 aliphatic carbocycles. The molecule has 0 bridgehead atoms. The van der Waals surface area contributed by atoms with E-state index in [9.17, 15) is 4.79 Å². The summed E-state index contributed by atoms with van der Waals surface area (Å²) >= 11 is 6.52. The van der Waals surface area contributed by atoms with Crippen LogP contribution in [0.3, 0.4) is 0 Å². The summed E-state index contributed by atoms with van der Waals surface area (Å²) in [6.45, 7) is 6.05. The first-order valence-electron chi connectivity index (χ1n) is 10.5. The number of pyridine rings is 1. The molecule has 0 spiro atoms. The van der Waals surface area contributed by atoms with Gasteiger partial charge in [-0.05, 0) is 31.4 Å². The number of hydrogen-bond donors (Lipinski definition) is 3. The second-order valence-electron chi connectivity index (χ2n) is 8.03. The van der Waals surface area contributed by atoms with Crippen molar-refractivity contribution in [1.29, 1.82) is 0 Å². The molecule has 4 aromatic rings. The number of fused-ring (bicyclic) bond motifs is 2. The number of anilines is 1. The number of imidazole rings is 1. The summed E-state index contributed by atoms with van der Waals surface area (Å²) in [6.07, 6.45) is 3.06. The number of aromatic nitrogens is 5. The molecule has 32 heavy (non-hydrogen) atoms. The highest BCUT2D eigenvalue weighted by Gasteiger charge is 2.26. The van der Waals surface area contributed by atoms with Crippen molar-refractivity contribution in [3.63, 3.8) is 0 Å². The van der Waals surface area contributed by atoms with Crippen LogP contribution in [0.25, 0.3) is 21.9 Å². The number of halogens is 1. The number of piperazine rings is 1. The van der Waals surface area contributed by atoms with Gasteiger partial charge in [0, 0.05) is 31.1 Å². The van der Waals surface area contributed by atoms with Crippen molar-refractivity contribution in [3.05, 3.63) is 53.3 Å². The van der Waals surface area contributed by atoms with Gasteiger partial charge in [-0.15, -0.1) is 0 Å². The highest BCUT2D eigenvalue weighted by atomic mass is 35.5. The van der Waals surface area contributed by atoms with Crippen molar-refractivity contribution in [1.82, 2.24) is 35.1 Å². The molecule has 0 unspecified atom stereocenters. The lowest BCUT2D eigenvalue weighted by Gasteiger charge is -2.32. The van der Waals surface area contributed by atoms with E-state index in [1.165, 1.54) is 6.33 Å². The third-order valence-corrected chi connectivity index (χ3v) is 6.01. The standard InChI is InChI=1S/C22H23ClN8O/c1-12-9-31(7-6-24-12)22(32)18-17-14(4-3-5-15(17)23)8-16(30-18)13(2)29-21-19-20(26-10-25-19)27-11-28-21/h3-5,8,10-13,24H,6-7,9H2,1-2H3,(H2,25,26,27,28,29)/t12-,13-/m0/s1. The molecule has 10 heteroatoms. The Kier molecular flexibility index (Phi) is 5.36. The number of nitrogens with one attached hydrogen (secondary N) is 3. The van der Waals surface area contributed by atoms with Crippen LogP contribution in [0.2, 0.25) is 5.02 Å². The van der Waals surface area contributed by atoms with Crippen molar-refractivity contribution in [2.75, 3.05) is 25.0 Å². The summed E-state index contributed by atoms with van der Waals surface area (Å²) in [7, 11) is 0. The van der Waals surface area contributed by atoms with Crippen molar-refractivity contribution in [2.24, 2.45) is 0 Å². The molecule has 3 aromatic heterocycles. The van der Waals surface area contributed by atoms with Crippen LogP contribution in [-0.4, -0.2) is 61.4 Å². The molecule has 3 N–H and O–H groups in total. The summed E-state index contributed by atoms with van der Waals surface area (Å²) in [5.41, 5.74) is 2.39. The molecule has 1 aliphatic heterocycles. The highest BCUT2D eigenvalue weighted by Crippen LogP contribution is 2.30. The number of H-pyrrole nitrogens is 1. The predicted molar refractivity (Wildman–Crippen MR) is 124 cm³/mol. The Bertz CT molecular complexity index is 1310. The molecule has 1 aliphatic rings. The Morgan fingerprint density at radius 1 is 1.31 bits per heavy atom. The van der Waals surface area contributed by atoms with Gasteiger partial charge in [-0.3, -0.25) is 4.79 Å². The molecule has 0 radical (unpaired) electrons. The number of hydrogen-bond acceptors (Lipinski definition) is 7. The van der Waals surface area contributed by atoms with E-state index in [1.54, 1.807) is 12.4 Å². The number of rotatable bonds is 4. The van der Waals surface area contributed by atoms with E-state index in [4.69, 9.17) is 16.6 Å². The van der Waals surface area contributed by atoms with Crippen LogP contribution < -0.4 is 10.6 Å². The van der Waals surface area contributed by atoms with E-state index >= 15 is 0 Å². The maximum absolute atomic E-state index is 13.5. The first kappa shape index (κ1) is 20.6. The van der Waals surface area contributed by atoms with Gasteiger partial charge in [-0.2, -0.15) is 0 Å². The fraction of sp³-hybridized carbons (Fsp3) is 0.318. The van der Waals surface area contributed by atoms with Crippen molar-refractivity contribution in [3.8, 4) is 0 Å². The zero-order chi connectivity index (χ0) is 22.2. The van der Waals surface area contributed by atoms with Crippen LogP contribution >= 0.6 is 11.6 Å². The monoisotopic (exact) mass is 450 g/mol. The minimum atomic E-state index is -0.235. The van der Waals surface area contributed by atoms with Crippen LogP contribution in [0.4, 0.5) is 5.82 Å². The van der Waals surface area contributed by atoms with Gasteiger partial charge in [0.05, 0.1) is 23.1 Å². The molecule has 0 saturated carbocycles. The van der Waals surface area contributed by atoms with Crippen LogP contribution in [0.1, 0.15) is 36.1 Å². The third kappa shape index (κ3) is 3.74. The second kappa shape index (κ2) is 8.33. The summed E-state index contributed by atoms with van der Waals surface area (Å²) in [6, 6.07) is 7.57. The zero-order valence-corrected chi connectivity index (χ0v) is 18.5. The molecular formula is C22H23ClN8O. The molecule has 1 aromatic carbocycles. The number of benzene rings is 1. The minimum absolute atomic E-state index is 0.109. The summed E-state index contributed by atoms with van der Waals surface area (Å²) in [5.74, 6) is 0.489. The molecule has 4 heterocycles. The first-order valence-corrected chi connectivity index (χ1v) is 10.9. The Morgan fingerprint density at radius 2 is 2.19 bits per heavy atom. The highest BCUT2D eigenvalue weighted by molar-refractivity contribution is 6.36. The fourth-order valence-electron chi connectivity index (χ4n) is 4.08. The largest absolute Gasteiger partial charge is 0.360 e. The van der Waals surface area contributed by atoms with E-state index in [1.807, 2.05) is 30.0 Å². The lowest BCUT2D eigenvalue weighted by atomic mass is 10.0. The van der Waals surface area contributed by atoms with Crippen molar-refractivity contribution in [2.45, 2.75) is 25.9 Å². The number of carbonyl (C=O) groups excluding carboxylic acids is 1. The number of nitrogens with zero attached hydrogens (tertiary/aromatic N) is 5. The van der Waals surface area contributed by atoms with Gasteiger partial charge in [0.25, 0.3) is 5.91 Å². The third-order valence-electron chi connectivity index (χ3n) is 5.70. The maximum atomic E-state index is 13.5. The van der Waals surface area contributed by atoms with Gasteiger partial charge in [0.2, 0.25) is 0 Å². The zero-order valence-electron chi connectivity index (χ0n) is 17.8.